The smallest absolute Gasteiger partial charge is 0.257 e. The van der Waals surface area contributed by atoms with Crippen LogP contribution in [0.15, 0.2) is 60.0 Å². The van der Waals surface area contributed by atoms with Crippen molar-refractivity contribution in [1.29, 1.82) is 0 Å². The second-order valence-electron chi connectivity index (χ2n) is 9.46. The molecule has 36 heavy (non-hydrogen) atoms. The Morgan fingerprint density at radius 3 is 2.64 bits per heavy atom. The monoisotopic (exact) mass is 509 g/mol. The predicted molar refractivity (Wildman–Crippen MR) is 136 cm³/mol. The van der Waals surface area contributed by atoms with E-state index in [0.29, 0.717) is 32.6 Å². The van der Waals surface area contributed by atoms with Gasteiger partial charge in [0.2, 0.25) is 5.91 Å². The summed E-state index contributed by atoms with van der Waals surface area (Å²) in [6.45, 7) is 4.47. The van der Waals surface area contributed by atoms with Crippen LogP contribution in [-0.2, 0) is 11.2 Å². The third kappa shape index (κ3) is 4.92. The highest BCUT2D eigenvalue weighted by Gasteiger charge is 2.33. The lowest BCUT2D eigenvalue weighted by atomic mass is 9.93. The van der Waals surface area contributed by atoms with Gasteiger partial charge in [-0.25, -0.2) is 8.78 Å². The minimum atomic E-state index is -0.531. The Labute approximate surface area is 213 Å². The van der Waals surface area contributed by atoms with Gasteiger partial charge in [0, 0.05) is 50.1 Å². The Bertz CT molecular complexity index is 1260. The van der Waals surface area contributed by atoms with E-state index in [1.807, 2.05) is 13.0 Å². The Kier molecular flexibility index (Phi) is 7.16. The molecule has 8 heteroatoms. The summed E-state index contributed by atoms with van der Waals surface area (Å²) in [6.07, 6.45) is 1.26. The largest absolute Gasteiger partial charge is 0.339 e. The first kappa shape index (κ1) is 24.6. The van der Waals surface area contributed by atoms with Gasteiger partial charge in [-0.1, -0.05) is 24.3 Å². The lowest BCUT2D eigenvalue weighted by Crippen LogP contribution is -2.55. The maximum absolute atomic E-state index is 14.1. The van der Waals surface area contributed by atoms with E-state index in [9.17, 15) is 18.4 Å². The minimum Gasteiger partial charge on any atom is -0.339 e. The molecule has 1 saturated heterocycles. The summed E-state index contributed by atoms with van der Waals surface area (Å²) in [5.74, 6) is -1.10. The van der Waals surface area contributed by atoms with E-state index in [0.717, 1.165) is 18.5 Å². The van der Waals surface area contributed by atoms with Crippen LogP contribution in [0.3, 0.4) is 0 Å². The Morgan fingerprint density at radius 2 is 1.86 bits per heavy atom. The van der Waals surface area contributed by atoms with Gasteiger partial charge < -0.3 is 9.80 Å². The summed E-state index contributed by atoms with van der Waals surface area (Å²) in [7, 11) is 0. The molecule has 3 heterocycles. The van der Waals surface area contributed by atoms with Gasteiger partial charge in [-0.05, 0) is 60.2 Å². The van der Waals surface area contributed by atoms with Gasteiger partial charge in [0.15, 0.2) is 0 Å². The zero-order valence-corrected chi connectivity index (χ0v) is 21.0. The number of nitrogens with zero attached hydrogens (tertiary/aromatic N) is 3. The van der Waals surface area contributed by atoms with Crippen LogP contribution in [0.5, 0.6) is 0 Å². The molecule has 0 N–H and O–H groups in total. The van der Waals surface area contributed by atoms with E-state index < -0.39 is 5.82 Å². The zero-order valence-electron chi connectivity index (χ0n) is 20.2. The van der Waals surface area contributed by atoms with Crippen molar-refractivity contribution in [3.63, 3.8) is 0 Å². The highest BCUT2D eigenvalue weighted by molar-refractivity contribution is 7.10. The van der Waals surface area contributed by atoms with Gasteiger partial charge in [0.25, 0.3) is 5.91 Å². The van der Waals surface area contributed by atoms with Crippen LogP contribution in [0, 0.1) is 11.6 Å². The third-order valence-electron chi connectivity index (χ3n) is 7.19. The highest BCUT2D eigenvalue weighted by atomic mass is 32.1. The molecule has 2 aromatic carbocycles. The molecule has 0 aliphatic carbocycles. The van der Waals surface area contributed by atoms with Crippen LogP contribution in [0.25, 0.3) is 0 Å². The fourth-order valence-corrected chi connectivity index (χ4v) is 6.25. The highest BCUT2D eigenvalue weighted by Crippen LogP contribution is 2.38. The maximum atomic E-state index is 14.1. The SMILES string of the molecule is C[C@@H]1CN(C(=O)CCN2CCc3sccc3[C@@H]2c2cccc(F)c2)CCN1C(=O)c1ccccc1F. The average molecular weight is 510 g/mol. The molecule has 0 spiro atoms. The number of hydrogen-bond donors (Lipinski definition) is 0. The second-order valence-corrected chi connectivity index (χ2v) is 10.5. The van der Waals surface area contributed by atoms with E-state index in [1.165, 1.54) is 28.6 Å². The predicted octanol–water partition coefficient (Wildman–Crippen LogP) is 4.74. The summed E-state index contributed by atoms with van der Waals surface area (Å²) in [5.41, 5.74) is 2.15. The van der Waals surface area contributed by atoms with Crippen LogP contribution in [0.2, 0.25) is 0 Å². The number of carbonyl (C=O) groups is 2. The number of hydrogen-bond acceptors (Lipinski definition) is 4. The first-order chi connectivity index (χ1) is 17.4. The number of piperazine rings is 1. The third-order valence-corrected chi connectivity index (χ3v) is 8.18. The van der Waals surface area contributed by atoms with E-state index in [-0.39, 0.29) is 35.3 Å². The van der Waals surface area contributed by atoms with Crippen LogP contribution in [0.1, 0.15) is 45.7 Å². The number of benzene rings is 2. The summed E-state index contributed by atoms with van der Waals surface area (Å²) in [5, 5.41) is 2.08. The molecule has 2 amide bonds. The van der Waals surface area contributed by atoms with E-state index in [4.69, 9.17) is 0 Å². The van der Waals surface area contributed by atoms with Crippen molar-refractivity contribution < 1.29 is 18.4 Å². The van der Waals surface area contributed by atoms with Crippen LogP contribution < -0.4 is 0 Å². The summed E-state index contributed by atoms with van der Waals surface area (Å²) < 4.78 is 28.2. The van der Waals surface area contributed by atoms with Gasteiger partial charge in [-0.15, -0.1) is 11.3 Å². The molecule has 188 valence electrons. The molecule has 1 fully saturated rings. The van der Waals surface area contributed by atoms with Gasteiger partial charge in [0.1, 0.15) is 11.6 Å². The molecular weight excluding hydrogens is 480 g/mol. The van der Waals surface area contributed by atoms with Crippen molar-refractivity contribution in [2.24, 2.45) is 0 Å². The quantitative estimate of drug-likeness (QED) is 0.499. The summed E-state index contributed by atoms with van der Waals surface area (Å²) in [6, 6.07) is 14.5. The molecule has 0 bridgehead atoms. The van der Waals surface area contributed by atoms with Crippen LogP contribution in [0.4, 0.5) is 8.78 Å². The first-order valence-corrected chi connectivity index (χ1v) is 13.2. The Hall–Kier alpha value is -3.10. The van der Waals surface area contributed by atoms with Crippen LogP contribution >= 0.6 is 11.3 Å². The fraction of sp³-hybridized carbons (Fsp3) is 0.357. The fourth-order valence-electron chi connectivity index (χ4n) is 5.35. The Morgan fingerprint density at radius 1 is 1.03 bits per heavy atom. The molecule has 0 radical (unpaired) electrons. The van der Waals surface area contributed by atoms with Crippen molar-refractivity contribution in [3.8, 4) is 0 Å². The second kappa shape index (κ2) is 10.5. The molecule has 0 saturated carbocycles. The molecule has 3 aromatic rings. The number of halogens is 2. The Balaban J connectivity index is 1.23. The number of amides is 2. The molecule has 5 rings (SSSR count). The van der Waals surface area contributed by atoms with Gasteiger partial charge in [-0.2, -0.15) is 0 Å². The molecule has 2 aliphatic rings. The lowest BCUT2D eigenvalue weighted by Gasteiger charge is -2.41. The van der Waals surface area contributed by atoms with Gasteiger partial charge in [0.05, 0.1) is 11.6 Å². The van der Waals surface area contributed by atoms with Gasteiger partial charge in [-0.3, -0.25) is 14.5 Å². The first-order valence-electron chi connectivity index (χ1n) is 12.3. The van der Waals surface area contributed by atoms with Crippen molar-refractivity contribution in [2.45, 2.75) is 31.8 Å². The van der Waals surface area contributed by atoms with E-state index in [2.05, 4.69) is 16.3 Å². The van der Waals surface area contributed by atoms with Crippen molar-refractivity contribution in [2.75, 3.05) is 32.7 Å². The standard InChI is InChI=1S/C28H29F2N3O2S/c1-19-18-32(14-15-33(19)28(35)22-7-2-3-8-24(22)30)26(34)10-13-31-12-9-25-23(11-16-36-25)27(31)20-5-4-6-21(29)17-20/h2-8,11,16-17,19,27H,9-10,12-15,18H2,1H3/t19-,27+/m1/s1. The number of thiophene rings is 1. The molecule has 0 unspecified atom stereocenters. The minimum absolute atomic E-state index is 0.0361. The summed E-state index contributed by atoms with van der Waals surface area (Å²) in [4.78, 5) is 33.0. The number of rotatable bonds is 5. The van der Waals surface area contributed by atoms with Crippen molar-refractivity contribution in [3.05, 3.63) is 93.2 Å². The molecule has 2 aliphatic heterocycles. The number of carbonyl (C=O) groups excluding carboxylic acids is 2. The van der Waals surface area contributed by atoms with E-state index in [1.54, 1.807) is 45.4 Å². The normalized spacial score (nSPS) is 20.3. The average Bonchev–Trinajstić information content (AvgIpc) is 3.35. The number of fused-ring (bicyclic) bond motifs is 1. The molecular formula is C28H29F2N3O2S. The summed E-state index contributed by atoms with van der Waals surface area (Å²) >= 11 is 1.73. The molecule has 2 atom stereocenters. The maximum Gasteiger partial charge on any atom is 0.257 e. The lowest BCUT2D eigenvalue weighted by molar-refractivity contribution is -0.134. The zero-order chi connectivity index (χ0) is 25.2. The molecule has 5 nitrogen and oxygen atoms in total. The van der Waals surface area contributed by atoms with Crippen molar-refractivity contribution in [1.82, 2.24) is 14.7 Å². The molecule has 1 aromatic heterocycles. The van der Waals surface area contributed by atoms with E-state index >= 15 is 0 Å². The van der Waals surface area contributed by atoms with Crippen LogP contribution in [-0.4, -0.2) is 65.3 Å². The topological polar surface area (TPSA) is 43.9 Å². The van der Waals surface area contributed by atoms with Gasteiger partial charge >= 0.3 is 0 Å². The van der Waals surface area contributed by atoms with Crippen molar-refractivity contribution >= 4 is 23.2 Å².